The van der Waals surface area contributed by atoms with E-state index in [9.17, 15) is 9.59 Å². The Hall–Kier alpha value is -3.55. The van der Waals surface area contributed by atoms with Gasteiger partial charge in [-0.1, -0.05) is 41.4 Å². The van der Waals surface area contributed by atoms with E-state index in [1.165, 1.54) is 34.5 Å². The Balaban J connectivity index is 1.49. The molecule has 38 heavy (non-hydrogen) atoms. The first-order valence-corrected chi connectivity index (χ1v) is 14.0. The van der Waals surface area contributed by atoms with Crippen molar-refractivity contribution in [1.29, 1.82) is 0 Å². The van der Waals surface area contributed by atoms with Crippen LogP contribution in [-0.2, 0) is 24.1 Å². The Bertz CT molecular complexity index is 1540. The fourth-order valence-electron chi connectivity index (χ4n) is 5.58. The zero-order valence-electron chi connectivity index (χ0n) is 21.3. The second-order valence-electron chi connectivity index (χ2n) is 9.85. The van der Waals surface area contributed by atoms with Crippen LogP contribution in [0, 0.1) is 6.92 Å². The number of anilines is 1. The number of methoxy groups -OCH3 is 1. The van der Waals surface area contributed by atoms with Crippen molar-refractivity contribution in [3.05, 3.63) is 104 Å². The minimum atomic E-state index is -0.536. The Kier molecular flexibility index (Phi) is 6.50. The van der Waals surface area contributed by atoms with Crippen molar-refractivity contribution in [1.82, 2.24) is 9.47 Å². The van der Waals surface area contributed by atoms with E-state index < -0.39 is 5.97 Å². The summed E-state index contributed by atoms with van der Waals surface area (Å²) in [5, 5.41) is 4.61. The van der Waals surface area contributed by atoms with Gasteiger partial charge in [0, 0.05) is 21.7 Å². The minimum Gasteiger partial charge on any atom is -0.465 e. The maximum Gasteiger partial charge on any atom is 0.339 e. The third-order valence-electron chi connectivity index (χ3n) is 7.46. The lowest BCUT2D eigenvalue weighted by atomic mass is 9.95. The van der Waals surface area contributed by atoms with Crippen molar-refractivity contribution in [2.45, 2.75) is 45.2 Å². The van der Waals surface area contributed by atoms with Crippen molar-refractivity contribution in [2.75, 3.05) is 12.4 Å². The van der Waals surface area contributed by atoms with Crippen LogP contribution in [0.3, 0.4) is 0 Å². The third kappa shape index (κ3) is 4.29. The maximum atomic E-state index is 14.2. The lowest BCUT2D eigenvalue weighted by Gasteiger charge is -2.31. The molecule has 1 N–H and O–H groups in total. The third-order valence-corrected chi connectivity index (χ3v) is 9.03. The lowest BCUT2D eigenvalue weighted by molar-refractivity contribution is 0.0602. The fraction of sp³-hybridized carbons (Fsp3) is 0.267. The molecule has 2 amide bonds. The predicted octanol–water partition coefficient (Wildman–Crippen LogP) is 7.30. The van der Waals surface area contributed by atoms with E-state index in [1.54, 1.807) is 18.2 Å². The summed E-state index contributed by atoms with van der Waals surface area (Å²) in [6.07, 6.45) is 6.58. The molecular weight excluding hydrogens is 518 g/mol. The maximum absolute atomic E-state index is 14.2. The molecule has 2 aromatic carbocycles. The van der Waals surface area contributed by atoms with E-state index in [0.29, 0.717) is 17.3 Å². The summed E-state index contributed by atoms with van der Waals surface area (Å²) in [5.74, 6) is -0.536. The number of thiophene rings is 1. The van der Waals surface area contributed by atoms with Gasteiger partial charge in [0.25, 0.3) is 0 Å². The van der Waals surface area contributed by atoms with Gasteiger partial charge in [0.1, 0.15) is 5.00 Å². The van der Waals surface area contributed by atoms with Crippen LogP contribution in [0.1, 0.15) is 62.1 Å². The number of fused-ring (bicyclic) bond motifs is 5. The molecular formula is C30H28ClN3O3S. The molecule has 1 aliphatic heterocycles. The highest BCUT2D eigenvalue weighted by Crippen LogP contribution is 2.44. The van der Waals surface area contributed by atoms with Crippen LogP contribution in [0.15, 0.2) is 60.8 Å². The number of halogens is 1. The zero-order valence-corrected chi connectivity index (χ0v) is 22.9. The number of aryl methyl sites for hydroxylation is 2. The molecule has 4 aromatic rings. The number of carbonyl (C=O) groups is 2. The Morgan fingerprint density at radius 1 is 1.05 bits per heavy atom. The first kappa shape index (κ1) is 24.8. The van der Waals surface area contributed by atoms with E-state index in [0.717, 1.165) is 36.1 Å². The predicted molar refractivity (Wildman–Crippen MR) is 151 cm³/mol. The van der Waals surface area contributed by atoms with Crippen LogP contribution < -0.4 is 5.32 Å². The minimum absolute atomic E-state index is 0.254. The van der Waals surface area contributed by atoms with E-state index in [1.807, 2.05) is 22.3 Å². The zero-order chi connectivity index (χ0) is 26.4. The van der Waals surface area contributed by atoms with Gasteiger partial charge in [0.05, 0.1) is 36.6 Å². The van der Waals surface area contributed by atoms with Crippen molar-refractivity contribution in [3.8, 4) is 5.00 Å². The van der Waals surface area contributed by atoms with Crippen molar-refractivity contribution in [3.63, 3.8) is 0 Å². The van der Waals surface area contributed by atoms with E-state index in [-0.39, 0.29) is 17.6 Å². The van der Waals surface area contributed by atoms with Crippen molar-refractivity contribution in [2.24, 2.45) is 0 Å². The van der Waals surface area contributed by atoms with Crippen LogP contribution in [-0.4, -0.2) is 28.6 Å². The lowest BCUT2D eigenvalue weighted by Crippen LogP contribution is -2.38. The van der Waals surface area contributed by atoms with Crippen LogP contribution >= 0.6 is 22.9 Å². The summed E-state index contributed by atoms with van der Waals surface area (Å²) in [6.45, 7) is 2.52. The highest BCUT2D eigenvalue weighted by molar-refractivity contribution is 7.15. The number of benzene rings is 2. The molecule has 0 fully saturated rings. The molecule has 0 spiro atoms. The van der Waals surface area contributed by atoms with Crippen LogP contribution in [0.2, 0.25) is 5.02 Å². The van der Waals surface area contributed by atoms with Crippen LogP contribution in [0.5, 0.6) is 0 Å². The fourth-order valence-corrected chi connectivity index (χ4v) is 7.16. The summed E-state index contributed by atoms with van der Waals surface area (Å²) in [7, 11) is 1.32. The highest BCUT2D eigenvalue weighted by Gasteiger charge is 2.36. The van der Waals surface area contributed by atoms with Gasteiger partial charge in [-0.25, -0.2) is 9.59 Å². The van der Waals surface area contributed by atoms with Gasteiger partial charge in [0.15, 0.2) is 0 Å². The number of nitrogens with one attached hydrogen (secondary N) is 1. The second kappa shape index (κ2) is 9.97. The average molecular weight is 546 g/mol. The smallest absolute Gasteiger partial charge is 0.339 e. The molecule has 1 aliphatic carbocycles. The first-order valence-electron chi connectivity index (χ1n) is 12.8. The number of carbonyl (C=O) groups excluding carboxylic acids is 2. The van der Waals surface area contributed by atoms with E-state index in [4.69, 9.17) is 16.3 Å². The van der Waals surface area contributed by atoms with Crippen molar-refractivity contribution < 1.29 is 14.3 Å². The second-order valence-corrected chi connectivity index (χ2v) is 11.4. The molecule has 1 atom stereocenters. The van der Waals surface area contributed by atoms with E-state index in [2.05, 4.69) is 53.3 Å². The van der Waals surface area contributed by atoms with Gasteiger partial charge in [-0.15, -0.1) is 11.3 Å². The number of nitrogens with zero attached hydrogens (tertiary/aromatic N) is 2. The number of ether oxygens (including phenoxy) is 1. The molecule has 2 aromatic heterocycles. The topological polar surface area (TPSA) is 63.6 Å². The summed E-state index contributed by atoms with van der Waals surface area (Å²) in [6, 6.07) is 16.6. The molecule has 2 aliphatic rings. The number of amides is 2. The monoisotopic (exact) mass is 545 g/mol. The van der Waals surface area contributed by atoms with Crippen LogP contribution in [0.25, 0.3) is 5.00 Å². The van der Waals surface area contributed by atoms with Gasteiger partial charge in [-0.3, -0.25) is 0 Å². The number of hydrogen-bond acceptors (Lipinski definition) is 4. The van der Waals surface area contributed by atoms with Gasteiger partial charge in [-0.05, 0) is 74.1 Å². The van der Waals surface area contributed by atoms with Gasteiger partial charge >= 0.3 is 12.0 Å². The number of urea groups is 1. The number of esters is 1. The van der Waals surface area contributed by atoms with E-state index >= 15 is 0 Å². The molecule has 194 valence electrons. The highest BCUT2D eigenvalue weighted by atomic mass is 35.5. The van der Waals surface area contributed by atoms with Crippen LogP contribution in [0.4, 0.5) is 10.5 Å². The van der Waals surface area contributed by atoms with Gasteiger partial charge < -0.3 is 19.5 Å². The molecule has 6 rings (SSSR count). The van der Waals surface area contributed by atoms with Gasteiger partial charge in [0.2, 0.25) is 0 Å². The number of hydrogen-bond donors (Lipinski definition) is 1. The SMILES string of the molecule is COC(=O)c1ccc(Cl)cc1NC(=O)N1Cc2c(sc3c2CCCC3)-n2cccc2[C@@H]1c1ccc(C)cc1. The number of rotatable bonds is 3. The molecule has 0 bridgehead atoms. The van der Waals surface area contributed by atoms with Gasteiger partial charge in [-0.2, -0.15) is 0 Å². The standard InChI is InChI=1S/C30H28ClN3O3S/c1-18-9-11-19(12-10-18)27-25-7-5-15-33(25)28-23(21-6-3-4-8-26(21)38-28)17-34(27)30(36)32-24-16-20(31)13-14-22(24)29(35)37-2/h5,7,9-16,27H,3-4,6,8,17H2,1-2H3,(H,32,36)/t27-/m0/s1. The number of aromatic nitrogens is 1. The Morgan fingerprint density at radius 3 is 2.63 bits per heavy atom. The summed E-state index contributed by atoms with van der Waals surface area (Å²) in [5.41, 5.74) is 6.38. The molecule has 0 radical (unpaired) electrons. The summed E-state index contributed by atoms with van der Waals surface area (Å²) >= 11 is 8.12. The molecule has 0 saturated heterocycles. The Labute approximate surface area is 230 Å². The average Bonchev–Trinajstić information content (AvgIpc) is 3.51. The molecule has 0 saturated carbocycles. The van der Waals surface area contributed by atoms with Crippen molar-refractivity contribution >= 4 is 40.6 Å². The summed E-state index contributed by atoms with van der Waals surface area (Å²) in [4.78, 5) is 30.0. The quantitative estimate of drug-likeness (QED) is 0.275. The Morgan fingerprint density at radius 2 is 1.84 bits per heavy atom. The summed E-state index contributed by atoms with van der Waals surface area (Å²) < 4.78 is 7.21. The molecule has 0 unspecified atom stereocenters. The normalized spacial score (nSPS) is 16.2. The molecule has 8 heteroatoms. The first-order chi connectivity index (χ1) is 18.4. The molecule has 6 nitrogen and oxygen atoms in total. The molecule has 3 heterocycles. The largest absolute Gasteiger partial charge is 0.465 e.